The molecule has 84 valence electrons. The Bertz CT molecular complexity index is 158. The molecule has 1 nitrogen and oxygen atoms in total. The Labute approximate surface area is 93.2 Å². The molecule has 0 aliphatic heterocycles. The summed E-state index contributed by atoms with van der Waals surface area (Å²) in [7, 11) is 0. The predicted molar refractivity (Wildman–Crippen MR) is 66.7 cm³/mol. The van der Waals surface area contributed by atoms with E-state index in [0.717, 1.165) is 17.1 Å². The molecule has 0 bridgehead atoms. The summed E-state index contributed by atoms with van der Waals surface area (Å²) in [6, 6.07) is 0.460. The third kappa shape index (κ3) is 3.82. The van der Waals surface area contributed by atoms with Gasteiger partial charge in [0.2, 0.25) is 0 Å². The fourth-order valence-electron chi connectivity index (χ4n) is 2.11. The largest absolute Gasteiger partial charge is 0.327 e. The van der Waals surface area contributed by atoms with Crippen LogP contribution in [0.4, 0.5) is 0 Å². The lowest BCUT2D eigenvalue weighted by Gasteiger charge is -2.33. The molecule has 0 saturated heterocycles. The molecule has 0 spiro atoms. The van der Waals surface area contributed by atoms with Crippen LogP contribution in [-0.2, 0) is 0 Å². The van der Waals surface area contributed by atoms with E-state index in [0.29, 0.717) is 6.04 Å². The maximum Gasteiger partial charge on any atom is 0.0201 e. The van der Waals surface area contributed by atoms with Crippen LogP contribution < -0.4 is 5.73 Å². The van der Waals surface area contributed by atoms with E-state index < -0.39 is 0 Å². The van der Waals surface area contributed by atoms with Crippen LogP contribution in [0.2, 0.25) is 0 Å². The zero-order valence-corrected chi connectivity index (χ0v) is 10.6. The first-order chi connectivity index (χ1) is 6.63. The first-order valence-electron chi connectivity index (χ1n) is 6.00. The van der Waals surface area contributed by atoms with Gasteiger partial charge in [-0.1, -0.05) is 27.2 Å². The van der Waals surface area contributed by atoms with Crippen molar-refractivity contribution in [3.63, 3.8) is 0 Å². The van der Waals surface area contributed by atoms with Gasteiger partial charge in [0.15, 0.2) is 0 Å². The van der Waals surface area contributed by atoms with Gasteiger partial charge in [-0.05, 0) is 36.9 Å². The van der Waals surface area contributed by atoms with Crippen LogP contribution in [0.5, 0.6) is 0 Å². The topological polar surface area (TPSA) is 26.0 Å². The van der Waals surface area contributed by atoms with Gasteiger partial charge in [0.25, 0.3) is 0 Å². The normalized spacial score (nSPS) is 33.6. The average molecular weight is 215 g/mol. The van der Waals surface area contributed by atoms with Gasteiger partial charge in [-0.2, -0.15) is 11.8 Å². The molecule has 1 aliphatic carbocycles. The van der Waals surface area contributed by atoms with Gasteiger partial charge in [0, 0.05) is 11.3 Å². The highest BCUT2D eigenvalue weighted by atomic mass is 32.2. The van der Waals surface area contributed by atoms with Crippen LogP contribution in [0.3, 0.4) is 0 Å². The highest BCUT2D eigenvalue weighted by Crippen LogP contribution is 2.33. The zero-order chi connectivity index (χ0) is 10.6. The van der Waals surface area contributed by atoms with Crippen molar-refractivity contribution in [2.75, 3.05) is 5.75 Å². The SMILES string of the molecule is CCC1CCC(N)C(SCC(C)C)C1. The van der Waals surface area contributed by atoms with Crippen molar-refractivity contribution < 1.29 is 0 Å². The van der Waals surface area contributed by atoms with Crippen molar-refractivity contribution >= 4 is 11.8 Å². The smallest absolute Gasteiger partial charge is 0.0201 e. The Hall–Kier alpha value is 0.310. The molecule has 3 unspecified atom stereocenters. The van der Waals surface area contributed by atoms with Gasteiger partial charge >= 0.3 is 0 Å². The summed E-state index contributed by atoms with van der Waals surface area (Å²) < 4.78 is 0. The van der Waals surface area contributed by atoms with Crippen LogP contribution in [0, 0.1) is 11.8 Å². The predicted octanol–water partition coefficient (Wildman–Crippen LogP) is 3.28. The molecule has 0 amide bonds. The van der Waals surface area contributed by atoms with Gasteiger partial charge in [-0.15, -0.1) is 0 Å². The van der Waals surface area contributed by atoms with Gasteiger partial charge in [0.1, 0.15) is 0 Å². The molecule has 0 radical (unpaired) electrons. The van der Waals surface area contributed by atoms with Crippen molar-refractivity contribution in [3.8, 4) is 0 Å². The molecular formula is C12H25NS. The van der Waals surface area contributed by atoms with Crippen molar-refractivity contribution in [1.82, 2.24) is 0 Å². The summed E-state index contributed by atoms with van der Waals surface area (Å²) >= 11 is 2.11. The highest BCUT2D eigenvalue weighted by Gasteiger charge is 2.27. The molecular weight excluding hydrogens is 190 g/mol. The van der Waals surface area contributed by atoms with E-state index in [1.807, 2.05) is 0 Å². The minimum Gasteiger partial charge on any atom is -0.327 e. The third-order valence-electron chi connectivity index (χ3n) is 3.17. The fraction of sp³-hybridized carbons (Fsp3) is 1.00. The van der Waals surface area contributed by atoms with Crippen LogP contribution in [0.25, 0.3) is 0 Å². The lowest BCUT2D eigenvalue weighted by Crippen LogP contribution is -2.38. The standard InChI is InChI=1S/C12H25NS/c1-4-10-5-6-11(13)12(7-10)14-8-9(2)3/h9-12H,4-8,13H2,1-3H3. The monoisotopic (exact) mass is 215 g/mol. The lowest BCUT2D eigenvalue weighted by atomic mass is 9.84. The summed E-state index contributed by atoms with van der Waals surface area (Å²) in [5, 5.41) is 0.732. The summed E-state index contributed by atoms with van der Waals surface area (Å²) in [6.45, 7) is 6.89. The fourth-order valence-corrected chi connectivity index (χ4v) is 3.54. The van der Waals surface area contributed by atoms with Crippen LogP contribution in [-0.4, -0.2) is 17.0 Å². The maximum absolute atomic E-state index is 6.16. The van der Waals surface area contributed by atoms with Gasteiger partial charge < -0.3 is 5.73 Å². The molecule has 14 heavy (non-hydrogen) atoms. The molecule has 1 fully saturated rings. The molecule has 3 atom stereocenters. The number of hydrogen-bond acceptors (Lipinski definition) is 2. The minimum absolute atomic E-state index is 0.460. The van der Waals surface area contributed by atoms with Crippen LogP contribution in [0.1, 0.15) is 46.5 Å². The first-order valence-corrected chi connectivity index (χ1v) is 7.05. The van der Waals surface area contributed by atoms with Crippen molar-refractivity contribution in [2.24, 2.45) is 17.6 Å². The molecule has 0 aromatic rings. The highest BCUT2D eigenvalue weighted by molar-refractivity contribution is 7.99. The van der Waals surface area contributed by atoms with Crippen molar-refractivity contribution in [3.05, 3.63) is 0 Å². The first kappa shape index (κ1) is 12.4. The molecule has 2 heteroatoms. The Morgan fingerprint density at radius 3 is 2.64 bits per heavy atom. The number of nitrogens with two attached hydrogens (primary N) is 1. The lowest BCUT2D eigenvalue weighted by molar-refractivity contribution is 0.327. The third-order valence-corrected chi connectivity index (χ3v) is 5.00. The zero-order valence-electron chi connectivity index (χ0n) is 9.83. The maximum atomic E-state index is 6.16. The van der Waals surface area contributed by atoms with Crippen LogP contribution in [0.15, 0.2) is 0 Å². The molecule has 1 aliphatic rings. The molecule has 1 rings (SSSR count). The van der Waals surface area contributed by atoms with E-state index in [-0.39, 0.29) is 0 Å². The van der Waals surface area contributed by atoms with E-state index in [4.69, 9.17) is 5.73 Å². The van der Waals surface area contributed by atoms with Crippen molar-refractivity contribution in [1.29, 1.82) is 0 Å². The second-order valence-electron chi connectivity index (χ2n) is 5.02. The second kappa shape index (κ2) is 6.02. The van der Waals surface area contributed by atoms with E-state index in [1.165, 1.54) is 31.4 Å². The van der Waals surface area contributed by atoms with E-state index in [9.17, 15) is 0 Å². The summed E-state index contributed by atoms with van der Waals surface area (Å²) in [4.78, 5) is 0. The quantitative estimate of drug-likeness (QED) is 0.779. The Balaban J connectivity index is 2.32. The van der Waals surface area contributed by atoms with Crippen molar-refractivity contribution in [2.45, 2.75) is 57.7 Å². The molecule has 0 aromatic heterocycles. The summed E-state index contributed by atoms with van der Waals surface area (Å²) in [6.07, 6.45) is 5.30. The van der Waals surface area contributed by atoms with Gasteiger partial charge in [0.05, 0.1) is 0 Å². The Morgan fingerprint density at radius 2 is 2.07 bits per heavy atom. The van der Waals surface area contributed by atoms with Crippen LogP contribution >= 0.6 is 11.8 Å². The molecule has 1 saturated carbocycles. The number of thioether (sulfide) groups is 1. The Morgan fingerprint density at radius 1 is 1.36 bits per heavy atom. The minimum atomic E-state index is 0.460. The Kier molecular flexibility index (Phi) is 5.32. The second-order valence-corrected chi connectivity index (χ2v) is 6.29. The van der Waals surface area contributed by atoms with E-state index >= 15 is 0 Å². The summed E-state index contributed by atoms with van der Waals surface area (Å²) in [5.41, 5.74) is 6.16. The van der Waals surface area contributed by atoms with Gasteiger partial charge in [-0.25, -0.2) is 0 Å². The molecule has 0 aromatic carbocycles. The average Bonchev–Trinajstić information content (AvgIpc) is 2.16. The van der Waals surface area contributed by atoms with Gasteiger partial charge in [-0.3, -0.25) is 0 Å². The summed E-state index contributed by atoms with van der Waals surface area (Å²) in [5.74, 6) is 3.02. The molecule has 0 heterocycles. The number of hydrogen-bond donors (Lipinski definition) is 1. The molecule has 2 N–H and O–H groups in total. The number of rotatable bonds is 4. The van der Waals surface area contributed by atoms with E-state index in [1.54, 1.807) is 0 Å². The van der Waals surface area contributed by atoms with E-state index in [2.05, 4.69) is 32.5 Å².